The van der Waals surface area contributed by atoms with E-state index in [2.05, 4.69) is 17.5 Å². The van der Waals surface area contributed by atoms with Gasteiger partial charge < -0.3 is 4.74 Å². The van der Waals surface area contributed by atoms with E-state index in [1.165, 1.54) is 19.3 Å². The molecule has 144 valence electrons. The first-order valence-electron chi connectivity index (χ1n) is 9.82. The average molecular weight is 374 g/mol. The number of hydrogen-bond acceptors (Lipinski definition) is 3. The third-order valence-corrected chi connectivity index (χ3v) is 4.56. The topological polar surface area (TPSA) is 50.7 Å². The van der Waals surface area contributed by atoms with Crippen LogP contribution in [0.1, 0.15) is 48.5 Å². The summed E-state index contributed by atoms with van der Waals surface area (Å²) in [7, 11) is 0. The van der Waals surface area contributed by atoms with Crippen LogP contribution in [0.2, 0.25) is 0 Å². The van der Waals surface area contributed by atoms with Crippen molar-refractivity contribution in [3.63, 3.8) is 0 Å². The summed E-state index contributed by atoms with van der Waals surface area (Å²) in [5, 5.41) is 6.24. The SMILES string of the molecule is CCCCCCOc1ccccc1/C=N\NC(=O)c1ccc2ccccc2c1. The van der Waals surface area contributed by atoms with Gasteiger partial charge in [0, 0.05) is 11.1 Å². The fourth-order valence-electron chi connectivity index (χ4n) is 2.99. The van der Waals surface area contributed by atoms with Gasteiger partial charge in [-0.15, -0.1) is 0 Å². The van der Waals surface area contributed by atoms with Crippen LogP contribution in [0.15, 0.2) is 71.8 Å². The van der Waals surface area contributed by atoms with Gasteiger partial charge >= 0.3 is 0 Å². The molecule has 0 aliphatic heterocycles. The summed E-state index contributed by atoms with van der Waals surface area (Å²) in [5.41, 5.74) is 4.02. The molecule has 1 N–H and O–H groups in total. The minimum absolute atomic E-state index is 0.236. The van der Waals surface area contributed by atoms with Crippen molar-refractivity contribution in [2.75, 3.05) is 6.61 Å². The van der Waals surface area contributed by atoms with Crippen LogP contribution in [0, 0.1) is 0 Å². The Hall–Kier alpha value is -3.14. The van der Waals surface area contributed by atoms with Gasteiger partial charge in [-0.2, -0.15) is 5.10 Å². The molecule has 0 saturated carbocycles. The Morgan fingerprint density at radius 3 is 2.61 bits per heavy atom. The number of fused-ring (bicyclic) bond motifs is 1. The van der Waals surface area contributed by atoms with Gasteiger partial charge in [0.1, 0.15) is 5.75 Å². The lowest BCUT2D eigenvalue weighted by molar-refractivity contribution is 0.0955. The molecule has 0 unspecified atom stereocenters. The van der Waals surface area contributed by atoms with Crippen molar-refractivity contribution in [1.82, 2.24) is 5.43 Å². The second kappa shape index (κ2) is 10.3. The standard InChI is InChI=1S/C24H26N2O2/c1-2-3-4-9-16-28-23-13-8-7-12-22(23)18-25-26-24(27)21-15-14-19-10-5-6-11-20(19)17-21/h5-8,10-15,17-18H,2-4,9,16H2,1H3,(H,26,27)/b25-18-. The number of unbranched alkanes of at least 4 members (excludes halogenated alkanes) is 3. The van der Waals surface area contributed by atoms with Gasteiger partial charge in [-0.25, -0.2) is 5.43 Å². The maximum Gasteiger partial charge on any atom is 0.271 e. The van der Waals surface area contributed by atoms with E-state index in [0.717, 1.165) is 28.5 Å². The summed E-state index contributed by atoms with van der Waals surface area (Å²) in [6.07, 6.45) is 6.28. The fraction of sp³-hybridized carbons (Fsp3) is 0.250. The van der Waals surface area contributed by atoms with Crippen molar-refractivity contribution < 1.29 is 9.53 Å². The molecule has 0 atom stereocenters. The third-order valence-electron chi connectivity index (χ3n) is 4.56. The Morgan fingerprint density at radius 2 is 1.75 bits per heavy atom. The maximum absolute atomic E-state index is 12.4. The number of hydrogen-bond donors (Lipinski definition) is 1. The summed E-state index contributed by atoms with van der Waals surface area (Å²) in [6, 6.07) is 21.3. The number of amides is 1. The Bertz CT molecular complexity index is 950. The van der Waals surface area contributed by atoms with Gasteiger partial charge in [0.15, 0.2) is 0 Å². The third kappa shape index (κ3) is 5.43. The van der Waals surface area contributed by atoms with E-state index in [0.29, 0.717) is 12.2 Å². The molecular weight excluding hydrogens is 348 g/mol. The molecule has 0 aromatic heterocycles. The molecule has 0 fully saturated rings. The van der Waals surface area contributed by atoms with Crippen LogP contribution in [-0.4, -0.2) is 18.7 Å². The highest BCUT2D eigenvalue weighted by Crippen LogP contribution is 2.17. The van der Waals surface area contributed by atoms with Gasteiger partial charge in [0.05, 0.1) is 12.8 Å². The van der Waals surface area contributed by atoms with Crippen molar-refractivity contribution in [3.05, 3.63) is 77.9 Å². The molecule has 4 heteroatoms. The second-order valence-electron chi connectivity index (χ2n) is 6.71. The molecule has 1 amide bonds. The molecule has 0 bridgehead atoms. The highest BCUT2D eigenvalue weighted by atomic mass is 16.5. The molecule has 0 saturated heterocycles. The first-order chi connectivity index (χ1) is 13.8. The molecule has 3 aromatic rings. The zero-order chi connectivity index (χ0) is 19.6. The first-order valence-corrected chi connectivity index (χ1v) is 9.82. The van der Waals surface area contributed by atoms with Crippen LogP contribution >= 0.6 is 0 Å². The predicted molar refractivity (Wildman–Crippen MR) is 115 cm³/mol. The number of hydrazone groups is 1. The fourth-order valence-corrected chi connectivity index (χ4v) is 2.99. The number of ether oxygens (including phenoxy) is 1. The number of rotatable bonds is 9. The quantitative estimate of drug-likeness (QED) is 0.303. The Labute approximate surface area is 166 Å². The minimum atomic E-state index is -0.236. The molecule has 3 rings (SSSR count). The summed E-state index contributed by atoms with van der Waals surface area (Å²) >= 11 is 0. The van der Waals surface area contributed by atoms with Crippen molar-refractivity contribution in [2.45, 2.75) is 32.6 Å². The summed E-state index contributed by atoms with van der Waals surface area (Å²) in [5.74, 6) is 0.544. The first kappa shape index (κ1) is 19.6. The van der Waals surface area contributed by atoms with E-state index >= 15 is 0 Å². The van der Waals surface area contributed by atoms with Crippen molar-refractivity contribution in [3.8, 4) is 5.75 Å². The van der Waals surface area contributed by atoms with E-state index in [9.17, 15) is 4.79 Å². The Balaban J connectivity index is 1.59. The molecular formula is C24H26N2O2. The molecule has 0 aliphatic rings. The summed E-state index contributed by atoms with van der Waals surface area (Å²) < 4.78 is 5.87. The molecule has 4 nitrogen and oxygen atoms in total. The molecule has 0 spiro atoms. The van der Waals surface area contributed by atoms with Crippen molar-refractivity contribution >= 4 is 22.9 Å². The number of carbonyl (C=O) groups is 1. The zero-order valence-corrected chi connectivity index (χ0v) is 16.2. The molecule has 0 heterocycles. The summed E-state index contributed by atoms with van der Waals surface area (Å²) in [6.45, 7) is 2.88. The number of nitrogens with one attached hydrogen (secondary N) is 1. The lowest BCUT2D eigenvalue weighted by Crippen LogP contribution is -2.17. The maximum atomic E-state index is 12.4. The van der Waals surface area contributed by atoms with Crippen molar-refractivity contribution in [1.29, 1.82) is 0 Å². The van der Waals surface area contributed by atoms with E-state index in [1.54, 1.807) is 12.3 Å². The van der Waals surface area contributed by atoms with Crippen LogP contribution < -0.4 is 10.2 Å². The molecule has 28 heavy (non-hydrogen) atoms. The van der Waals surface area contributed by atoms with Gasteiger partial charge in [0.2, 0.25) is 0 Å². The van der Waals surface area contributed by atoms with Crippen LogP contribution in [0.25, 0.3) is 10.8 Å². The lowest BCUT2D eigenvalue weighted by atomic mass is 10.1. The second-order valence-corrected chi connectivity index (χ2v) is 6.71. The van der Waals surface area contributed by atoms with Gasteiger partial charge in [-0.3, -0.25) is 4.79 Å². The number of carbonyl (C=O) groups excluding carboxylic acids is 1. The van der Waals surface area contributed by atoms with Crippen LogP contribution in [0.3, 0.4) is 0 Å². The molecule has 3 aromatic carbocycles. The Kier molecular flexibility index (Phi) is 7.19. The van der Waals surface area contributed by atoms with Crippen LogP contribution in [0.4, 0.5) is 0 Å². The van der Waals surface area contributed by atoms with Crippen LogP contribution in [0.5, 0.6) is 5.75 Å². The smallest absolute Gasteiger partial charge is 0.271 e. The van der Waals surface area contributed by atoms with E-state index in [-0.39, 0.29) is 5.91 Å². The minimum Gasteiger partial charge on any atom is -0.493 e. The monoisotopic (exact) mass is 374 g/mol. The van der Waals surface area contributed by atoms with E-state index < -0.39 is 0 Å². The number of benzene rings is 3. The van der Waals surface area contributed by atoms with Crippen LogP contribution in [-0.2, 0) is 0 Å². The van der Waals surface area contributed by atoms with Gasteiger partial charge in [0.25, 0.3) is 5.91 Å². The largest absolute Gasteiger partial charge is 0.493 e. The highest BCUT2D eigenvalue weighted by molar-refractivity contribution is 5.99. The lowest BCUT2D eigenvalue weighted by Gasteiger charge is -2.08. The van der Waals surface area contributed by atoms with Gasteiger partial charge in [-0.05, 0) is 41.5 Å². The molecule has 0 radical (unpaired) electrons. The zero-order valence-electron chi connectivity index (χ0n) is 16.2. The van der Waals surface area contributed by atoms with Crippen molar-refractivity contribution in [2.24, 2.45) is 5.10 Å². The number of nitrogens with zero attached hydrogens (tertiary/aromatic N) is 1. The highest BCUT2D eigenvalue weighted by Gasteiger charge is 2.05. The normalized spacial score (nSPS) is 11.0. The number of para-hydroxylation sites is 1. The molecule has 0 aliphatic carbocycles. The predicted octanol–water partition coefficient (Wildman–Crippen LogP) is 5.56. The Morgan fingerprint density at radius 1 is 0.964 bits per heavy atom. The average Bonchev–Trinajstić information content (AvgIpc) is 2.74. The van der Waals surface area contributed by atoms with E-state index in [1.807, 2.05) is 60.7 Å². The summed E-state index contributed by atoms with van der Waals surface area (Å²) in [4.78, 5) is 12.4. The van der Waals surface area contributed by atoms with E-state index in [4.69, 9.17) is 4.74 Å². The van der Waals surface area contributed by atoms with Gasteiger partial charge in [-0.1, -0.05) is 68.7 Å².